The molecule has 1 aromatic rings. The fourth-order valence-corrected chi connectivity index (χ4v) is 2.95. The van der Waals surface area contributed by atoms with Gasteiger partial charge in [-0.2, -0.15) is 0 Å². The van der Waals surface area contributed by atoms with Crippen molar-refractivity contribution in [2.24, 2.45) is 5.92 Å². The van der Waals surface area contributed by atoms with E-state index in [1.165, 1.54) is 30.4 Å². The van der Waals surface area contributed by atoms with Crippen molar-refractivity contribution in [1.29, 1.82) is 0 Å². The van der Waals surface area contributed by atoms with Crippen LogP contribution in [0.25, 0.3) is 0 Å². The Balaban J connectivity index is 2.15. The SMILES string of the molecule is Nc1cccc2c1C1CC=CC(C2)C1. The zero-order valence-corrected chi connectivity index (χ0v) is 8.24. The number of rotatable bonds is 0. The van der Waals surface area contributed by atoms with Crippen molar-refractivity contribution in [3.05, 3.63) is 41.5 Å². The molecule has 2 atom stereocenters. The highest BCUT2D eigenvalue weighted by Crippen LogP contribution is 2.43. The average Bonchev–Trinajstić information content (AvgIpc) is 2.17. The van der Waals surface area contributed by atoms with Gasteiger partial charge in [-0.3, -0.25) is 0 Å². The first-order chi connectivity index (χ1) is 6.84. The summed E-state index contributed by atoms with van der Waals surface area (Å²) >= 11 is 0. The second-order valence-electron chi connectivity index (χ2n) is 4.48. The second-order valence-corrected chi connectivity index (χ2v) is 4.48. The second kappa shape index (κ2) is 2.88. The van der Waals surface area contributed by atoms with Gasteiger partial charge < -0.3 is 5.73 Å². The molecule has 2 N–H and O–H groups in total. The maximum Gasteiger partial charge on any atom is 0.0352 e. The van der Waals surface area contributed by atoms with E-state index in [9.17, 15) is 0 Å². The minimum Gasteiger partial charge on any atom is -0.398 e. The highest BCUT2D eigenvalue weighted by atomic mass is 14.6. The van der Waals surface area contributed by atoms with Gasteiger partial charge >= 0.3 is 0 Å². The van der Waals surface area contributed by atoms with Crippen molar-refractivity contribution in [2.45, 2.75) is 25.2 Å². The van der Waals surface area contributed by atoms with Crippen LogP contribution in [-0.4, -0.2) is 0 Å². The van der Waals surface area contributed by atoms with E-state index in [1.54, 1.807) is 0 Å². The Morgan fingerprint density at radius 2 is 2.21 bits per heavy atom. The number of hydrogen-bond acceptors (Lipinski definition) is 1. The normalized spacial score (nSPS) is 28.6. The molecule has 0 aliphatic heterocycles. The minimum atomic E-state index is 0.690. The van der Waals surface area contributed by atoms with Gasteiger partial charge in [-0.1, -0.05) is 24.3 Å². The van der Waals surface area contributed by atoms with Crippen LogP contribution in [0, 0.1) is 5.92 Å². The third kappa shape index (κ3) is 1.08. The molecule has 14 heavy (non-hydrogen) atoms. The summed E-state index contributed by atoms with van der Waals surface area (Å²) in [6.07, 6.45) is 8.37. The van der Waals surface area contributed by atoms with E-state index in [4.69, 9.17) is 5.73 Å². The average molecular weight is 185 g/mol. The Labute approximate surface area is 84.6 Å². The number of anilines is 1. The zero-order valence-electron chi connectivity index (χ0n) is 8.24. The maximum absolute atomic E-state index is 6.05. The first kappa shape index (κ1) is 8.10. The lowest BCUT2D eigenvalue weighted by molar-refractivity contribution is 0.450. The lowest BCUT2D eigenvalue weighted by atomic mass is 9.72. The summed E-state index contributed by atoms with van der Waals surface area (Å²) in [6.45, 7) is 0. The van der Waals surface area contributed by atoms with Crippen LogP contribution in [0.5, 0.6) is 0 Å². The summed E-state index contributed by atoms with van der Waals surface area (Å²) in [6, 6.07) is 6.36. The molecule has 2 aliphatic rings. The first-order valence-corrected chi connectivity index (χ1v) is 5.38. The van der Waals surface area contributed by atoms with E-state index in [1.807, 2.05) is 6.07 Å². The van der Waals surface area contributed by atoms with E-state index >= 15 is 0 Å². The maximum atomic E-state index is 6.05. The van der Waals surface area contributed by atoms with Gasteiger partial charge in [0.2, 0.25) is 0 Å². The quantitative estimate of drug-likeness (QED) is 0.488. The molecule has 2 unspecified atom stereocenters. The van der Waals surface area contributed by atoms with Crippen LogP contribution < -0.4 is 5.73 Å². The summed E-state index contributed by atoms with van der Waals surface area (Å²) in [7, 11) is 0. The van der Waals surface area contributed by atoms with E-state index in [2.05, 4.69) is 24.3 Å². The Kier molecular flexibility index (Phi) is 1.66. The van der Waals surface area contributed by atoms with Gasteiger partial charge in [0.05, 0.1) is 0 Å². The molecular formula is C13H15N. The van der Waals surface area contributed by atoms with Crippen LogP contribution in [0.4, 0.5) is 5.69 Å². The summed E-state index contributed by atoms with van der Waals surface area (Å²) in [5.74, 6) is 1.46. The molecule has 0 heterocycles. The molecule has 0 radical (unpaired) electrons. The Morgan fingerprint density at radius 1 is 1.29 bits per heavy atom. The predicted molar refractivity (Wildman–Crippen MR) is 59.2 cm³/mol. The van der Waals surface area contributed by atoms with Gasteiger partial charge in [0.25, 0.3) is 0 Å². The molecule has 0 saturated carbocycles. The molecule has 2 aliphatic carbocycles. The number of allylic oxidation sites excluding steroid dienone is 2. The molecule has 0 saturated heterocycles. The fourth-order valence-electron chi connectivity index (χ4n) is 2.95. The lowest BCUT2D eigenvalue weighted by Crippen LogP contribution is -2.21. The fraction of sp³-hybridized carbons (Fsp3) is 0.385. The standard InChI is InChI=1S/C13H15N/c14-12-6-2-5-11-8-9-3-1-4-10(7-9)13(11)12/h1-3,5-6,9-10H,4,7-8,14H2. The molecule has 3 rings (SSSR count). The molecule has 0 amide bonds. The molecule has 1 nitrogen and oxygen atoms in total. The van der Waals surface area contributed by atoms with Gasteiger partial charge in [0, 0.05) is 5.69 Å². The van der Waals surface area contributed by atoms with Crippen LogP contribution in [-0.2, 0) is 6.42 Å². The monoisotopic (exact) mass is 185 g/mol. The lowest BCUT2D eigenvalue weighted by Gasteiger charge is -2.33. The van der Waals surface area contributed by atoms with Crippen LogP contribution >= 0.6 is 0 Å². The Morgan fingerprint density at radius 3 is 3.14 bits per heavy atom. The number of hydrogen-bond donors (Lipinski definition) is 1. The van der Waals surface area contributed by atoms with Crippen LogP contribution in [0.2, 0.25) is 0 Å². The molecule has 0 aromatic heterocycles. The highest BCUT2D eigenvalue weighted by molar-refractivity contribution is 5.54. The van der Waals surface area contributed by atoms with Gasteiger partial charge in [-0.25, -0.2) is 0 Å². The van der Waals surface area contributed by atoms with Gasteiger partial charge in [0.15, 0.2) is 0 Å². The smallest absolute Gasteiger partial charge is 0.0352 e. The molecular weight excluding hydrogens is 170 g/mol. The van der Waals surface area contributed by atoms with Gasteiger partial charge in [0.1, 0.15) is 0 Å². The zero-order chi connectivity index (χ0) is 9.54. The molecule has 1 aromatic carbocycles. The largest absolute Gasteiger partial charge is 0.398 e. The first-order valence-electron chi connectivity index (χ1n) is 5.38. The summed E-state index contributed by atoms with van der Waals surface area (Å²) in [4.78, 5) is 0. The number of nitrogens with two attached hydrogens (primary N) is 1. The van der Waals surface area contributed by atoms with E-state index < -0.39 is 0 Å². The highest BCUT2D eigenvalue weighted by Gasteiger charge is 2.28. The van der Waals surface area contributed by atoms with E-state index in [0.29, 0.717) is 5.92 Å². The van der Waals surface area contributed by atoms with Crippen LogP contribution in [0.3, 0.4) is 0 Å². The van der Waals surface area contributed by atoms with Crippen molar-refractivity contribution in [3.63, 3.8) is 0 Å². The minimum absolute atomic E-state index is 0.690. The number of nitrogen functional groups attached to an aromatic ring is 1. The van der Waals surface area contributed by atoms with Crippen molar-refractivity contribution < 1.29 is 0 Å². The van der Waals surface area contributed by atoms with E-state index in [0.717, 1.165) is 11.6 Å². The molecule has 0 spiro atoms. The predicted octanol–water partition coefficient (Wildman–Crippen LogP) is 2.87. The van der Waals surface area contributed by atoms with Crippen molar-refractivity contribution in [2.75, 3.05) is 5.73 Å². The summed E-state index contributed by atoms with van der Waals surface area (Å²) in [5.41, 5.74) is 9.97. The van der Waals surface area contributed by atoms with Gasteiger partial charge in [-0.15, -0.1) is 0 Å². The number of benzene rings is 1. The topological polar surface area (TPSA) is 26.0 Å². The molecule has 1 heteroatoms. The third-order valence-electron chi connectivity index (χ3n) is 3.54. The summed E-state index contributed by atoms with van der Waals surface area (Å²) < 4.78 is 0. The van der Waals surface area contributed by atoms with Crippen LogP contribution in [0.1, 0.15) is 29.9 Å². The Bertz CT molecular complexity index is 392. The Hall–Kier alpha value is -1.24. The molecule has 72 valence electrons. The molecule has 0 fully saturated rings. The number of fused-ring (bicyclic) bond motifs is 4. The van der Waals surface area contributed by atoms with Crippen molar-refractivity contribution >= 4 is 5.69 Å². The summed E-state index contributed by atoms with van der Waals surface area (Å²) in [5, 5.41) is 0. The van der Waals surface area contributed by atoms with Gasteiger partial charge in [-0.05, 0) is 48.3 Å². The third-order valence-corrected chi connectivity index (χ3v) is 3.54. The van der Waals surface area contributed by atoms with Crippen molar-refractivity contribution in [1.82, 2.24) is 0 Å². The van der Waals surface area contributed by atoms with Crippen LogP contribution in [0.15, 0.2) is 30.4 Å². The molecule has 2 bridgehead atoms. The van der Waals surface area contributed by atoms with Crippen molar-refractivity contribution in [3.8, 4) is 0 Å². The van der Waals surface area contributed by atoms with E-state index in [-0.39, 0.29) is 0 Å².